The average Bonchev–Trinajstić information content (AvgIpc) is 3.34. The lowest BCUT2D eigenvalue weighted by molar-refractivity contribution is -0.117. The second-order valence-electron chi connectivity index (χ2n) is 10.0. The summed E-state index contributed by atoms with van der Waals surface area (Å²) in [7, 11) is 1.47. The Morgan fingerprint density at radius 2 is 1.84 bits per heavy atom. The molecule has 2 aliphatic heterocycles. The molecule has 0 saturated carbocycles. The number of carbonyl (C=O) groups is 2. The predicted octanol–water partition coefficient (Wildman–Crippen LogP) is 4.25. The first-order valence-corrected chi connectivity index (χ1v) is 13.0. The molecule has 1 atom stereocenters. The number of halogens is 1. The number of methoxy groups -OCH3 is 1. The minimum absolute atomic E-state index is 0.0871. The van der Waals surface area contributed by atoms with Gasteiger partial charge in [-0.3, -0.25) is 14.5 Å². The lowest BCUT2D eigenvalue weighted by atomic mass is 10.0. The predicted molar refractivity (Wildman–Crippen MR) is 144 cm³/mol. The average molecular weight is 518 g/mol. The Balaban J connectivity index is 1.11. The number of carbonyl (C=O) groups excluding carboxylic acids is 2. The molecule has 3 aromatic carbocycles. The number of fused-ring (bicyclic) bond motifs is 1. The zero-order valence-electron chi connectivity index (χ0n) is 21.5. The molecule has 8 heteroatoms. The first-order chi connectivity index (χ1) is 18.4. The summed E-state index contributed by atoms with van der Waals surface area (Å²) in [5.41, 5.74) is 2.35. The Labute approximate surface area is 221 Å². The molecule has 5 rings (SSSR count). The van der Waals surface area contributed by atoms with Gasteiger partial charge >= 0.3 is 0 Å². The van der Waals surface area contributed by atoms with Gasteiger partial charge in [0.25, 0.3) is 5.91 Å². The molecule has 0 unspecified atom stereocenters. The molecule has 2 fully saturated rings. The van der Waals surface area contributed by atoms with Gasteiger partial charge in [-0.05, 0) is 65.9 Å². The molecule has 2 heterocycles. The van der Waals surface area contributed by atoms with Gasteiger partial charge < -0.3 is 20.1 Å². The molecule has 0 radical (unpaired) electrons. The van der Waals surface area contributed by atoms with Crippen molar-refractivity contribution in [2.45, 2.75) is 31.8 Å². The van der Waals surface area contributed by atoms with Crippen molar-refractivity contribution in [3.05, 3.63) is 83.2 Å². The van der Waals surface area contributed by atoms with Crippen LogP contribution < -0.4 is 10.1 Å². The van der Waals surface area contributed by atoms with Gasteiger partial charge in [0.15, 0.2) is 0 Å². The molecule has 2 N–H and O–H groups in total. The normalized spacial score (nSPS) is 18.0. The van der Waals surface area contributed by atoms with E-state index < -0.39 is 0 Å². The topological polar surface area (TPSA) is 82.1 Å². The Bertz CT molecular complexity index is 1380. The molecule has 0 aliphatic carbocycles. The van der Waals surface area contributed by atoms with Crippen LogP contribution in [0.15, 0.2) is 66.2 Å². The number of ether oxygens (including phenoxy) is 1. The Kier molecular flexibility index (Phi) is 7.60. The number of phenolic OH excluding ortho intramolecular Hbond substituents is 1. The minimum atomic E-state index is -0.270. The SMILES string of the molecule is COc1cccc(O)c1C(=O)N1CCC(=CC(=O)N[C@@H]2CCN(Cc3ccc4cc(F)ccc4c3)C2)CC1. The molecule has 0 bridgehead atoms. The highest BCUT2D eigenvalue weighted by molar-refractivity contribution is 5.99. The summed E-state index contributed by atoms with van der Waals surface area (Å²) in [6, 6.07) is 15.8. The van der Waals surface area contributed by atoms with Crippen molar-refractivity contribution in [3.8, 4) is 11.5 Å². The van der Waals surface area contributed by atoms with Crippen LogP contribution in [0.25, 0.3) is 10.8 Å². The van der Waals surface area contributed by atoms with Crippen LogP contribution in [0.4, 0.5) is 4.39 Å². The fourth-order valence-electron chi connectivity index (χ4n) is 5.35. The molecule has 0 aromatic heterocycles. The first-order valence-electron chi connectivity index (χ1n) is 13.0. The third kappa shape index (κ3) is 5.81. The van der Waals surface area contributed by atoms with Gasteiger partial charge in [0.1, 0.15) is 22.9 Å². The summed E-state index contributed by atoms with van der Waals surface area (Å²) in [6.45, 7) is 3.42. The molecule has 2 aliphatic rings. The summed E-state index contributed by atoms with van der Waals surface area (Å²) in [4.78, 5) is 29.7. The fourth-order valence-corrected chi connectivity index (χ4v) is 5.35. The number of rotatable bonds is 6. The number of benzene rings is 3. The van der Waals surface area contributed by atoms with Gasteiger partial charge in [0.2, 0.25) is 5.91 Å². The van der Waals surface area contributed by atoms with E-state index in [4.69, 9.17) is 4.74 Å². The molecule has 2 saturated heterocycles. The maximum Gasteiger partial charge on any atom is 0.261 e. The number of likely N-dealkylation sites (tertiary alicyclic amines) is 2. The van der Waals surface area contributed by atoms with Crippen molar-refractivity contribution in [1.29, 1.82) is 0 Å². The summed E-state index contributed by atoms with van der Waals surface area (Å²) < 4.78 is 18.7. The van der Waals surface area contributed by atoms with Crippen LogP contribution >= 0.6 is 0 Å². The van der Waals surface area contributed by atoms with Crippen LogP contribution in [0.2, 0.25) is 0 Å². The van der Waals surface area contributed by atoms with Crippen LogP contribution in [0, 0.1) is 5.82 Å². The minimum Gasteiger partial charge on any atom is -0.507 e. The molecule has 198 valence electrons. The molecule has 38 heavy (non-hydrogen) atoms. The van der Waals surface area contributed by atoms with Crippen molar-refractivity contribution < 1.29 is 23.8 Å². The number of amides is 2. The monoisotopic (exact) mass is 517 g/mol. The molecule has 2 amide bonds. The summed E-state index contributed by atoms with van der Waals surface area (Å²) in [5.74, 6) is -0.352. The van der Waals surface area contributed by atoms with E-state index >= 15 is 0 Å². The van der Waals surface area contributed by atoms with E-state index in [9.17, 15) is 19.1 Å². The number of hydrogen-bond acceptors (Lipinski definition) is 5. The van der Waals surface area contributed by atoms with E-state index in [1.54, 1.807) is 35.2 Å². The third-order valence-electron chi connectivity index (χ3n) is 7.36. The standard InChI is InChI=1S/C30H32FN3O4/c1-38-27-4-2-3-26(35)29(27)30(37)34-13-9-20(10-14-34)16-28(36)32-25-11-12-33(19-25)18-21-5-6-23-17-24(31)8-7-22(23)15-21/h2-8,15-17,25,35H,9-14,18-19H2,1H3,(H,32,36)/t25-/m1/s1. The maximum atomic E-state index is 13.4. The number of piperidine rings is 1. The summed E-state index contributed by atoms with van der Waals surface area (Å²) in [5, 5.41) is 15.2. The summed E-state index contributed by atoms with van der Waals surface area (Å²) in [6.07, 6.45) is 3.78. The third-order valence-corrected chi connectivity index (χ3v) is 7.36. The van der Waals surface area contributed by atoms with E-state index in [-0.39, 0.29) is 35.0 Å². The van der Waals surface area contributed by atoms with Gasteiger partial charge in [0.05, 0.1) is 7.11 Å². The van der Waals surface area contributed by atoms with E-state index in [1.807, 2.05) is 12.1 Å². The lowest BCUT2D eigenvalue weighted by Crippen LogP contribution is -2.38. The molecular weight excluding hydrogens is 485 g/mol. The van der Waals surface area contributed by atoms with E-state index in [2.05, 4.69) is 16.3 Å². The molecule has 3 aromatic rings. The zero-order chi connectivity index (χ0) is 26.6. The number of nitrogens with one attached hydrogen (secondary N) is 1. The van der Waals surface area contributed by atoms with Gasteiger partial charge in [-0.2, -0.15) is 0 Å². The Morgan fingerprint density at radius 3 is 2.63 bits per heavy atom. The van der Waals surface area contributed by atoms with Gasteiger partial charge in [-0.15, -0.1) is 0 Å². The lowest BCUT2D eigenvalue weighted by Gasteiger charge is -2.29. The van der Waals surface area contributed by atoms with Crippen LogP contribution in [-0.2, 0) is 11.3 Å². The molecule has 7 nitrogen and oxygen atoms in total. The summed E-state index contributed by atoms with van der Waals surface area (Å²) >= 11 is 0. The van der Waals surface area contributed by atoms with Crippen molar-refractivity contribution in [3.63, 3.8) is 0 Å². The van der Waals surface area contributed by atoms with Gasteiger partial charge in [-0.1, -0.05) is 29.8 Å². The van der Waals surface area contributed by atoms with Gasteiger partial charge in [-0.25, -0.2) is 4.39 Å². The van der Waals surface area contributed by atoms with Crippen molar-refractivity contribution in [2.24, 2.45) is 0 Å². The number of hydrogen-bond donors (Lipinski definition) is 2. The van der Waals surface area contributed by atoms with E-state index in [1.165, 1.54) is 24.8 Å². The Morgan fingerprint density at radius 1 is 1.08 bits per heavy atom. The Hall–Kier alpha value is -3.91. The first kappa shape index (κ1) is 25.7. The van der Waals surface area contributed by atoms with Crippen LogP contribution in [0.3, 0.4) is 0 Å². The second kappa shape index (κ2) is 11.2. The van der Waals surface area contributed by atoms with Crippen molar-refractivity contribution >= 4 is 22.6 Å². The molecule has 0 spiro atoms. The zero-order valence-corrected chi connectivity index (χ0v) is 21.5. The highest BCUT2D eigenvalue weighted by Crippen LogP contribution is 2.30. The fraction of sp³-hybridized carbons (Fsp3) is 0.333. The quantitative estimate of drug-likeness (QED) is 0.478. The van der Waals surface area contributed by atoms with Crippen LogP contribution in [-0.4, -0.2) is 66.1 Å². The number of phenols is 1. The second-order valence-corrected chi connectivity index (χ2v) is 10.0. The smallest absolute Gasteiger partial charge is 0.261 e. The largest absolute Gasteiger partial charge is 0.507 e. The van der Waals surface area contributed by atoms with Crippen LogP contribution in [0.1, 0.15) is 35.2 Å². The van der Waals surface area contributed by atoms with E-state index in [0.29, 0.717) is 31.7 Å². The maximum absolute atomic E-state index is 13.4. The van der Waals surface area contributed by atoms with Crippen molar-refractivity contribution in [2.75, 3.05) is 33.3 Å². The highest BCUT2D eigenvalue weighted by Gasteiger charge is 2.27. The number of aromatic hydroxyl groups is 1. The highest BCUT2D eigenvalue weighted by atomic mass is 19.1. The van der Waals surface area contributed by atoms with Gasteiger partial charge in [0, 0.05) is 44.8 Å². The number of nitrogens with zero attached hydrogens (tertiary/aromatic N) is 2. The van der Waals surface area contributed by atoms with E-state index in [0.717, 1.165) is 42.4 Å². The van der Waals surface area contributed by atoms with Crippen molar-refractivity contribution in [1.82, 2.24) is 15.1 Å². The molecular formula is C30H32FN3O4. The van der Waals surface area contributed by atoms with Crippen LogP contribution in [0.5, 0.6) is 11.5 Å².